The monoisotopic (exact) mass is 388 g/mol. The summed E-state index contributed by atoms with van der Waals surface area (Å²) < 4.78 is 1.53. The van der Waals surface area contributed by atoms with E-state index in [0.717, 1.165) is 25.2 Å². The van der Waals surface area contributed by atoms with Crippen LogP contribution in [0.4, 0.5) is 0 Å². The predicted molar refractivity (Wildman–Crippen MR) is 111 cm³/mol. The largest absolute Gasteiger partial charge is 0.338 e. The molecule has 1 saturated heterocycles. The maximum Gasteiger partial charge on any atom is 0.252 e. The lowest BCUT2D eigenvalue weighted by Gasteiger charge is -2.35. The Balaban J connectivity index is 1.37. The number of hydrogen-bond acceptors (Lipinski definition) is 5. The molecule has 1 aliphatic rings. The standard InChI is InChI=1S/C22H24N6O/c29-22(21(28-18-23-24-25-28)20-11-5-2-6-12-20)27-16-14-26(15-17-27)13-7-10-19-8-3-1-4-9-19/h1-12,18,21H,13-17H2/t21-/m0/s1. The normalized spacial score (nSPS) is 16.2. The molecule has 0 aliphatic carbocycles. The van der Waals surface area contributed by atoms with Crippen LogP contribution in [0.1, 0.15) is 17.2 Å². The van der Waals surface area contributed by atoms with Gasteiger partial charge >= 0.3 is 0 Å². The Morgan fingerprint density at radius 3 is 2.31 bits per heavy atom. The van der Waals surface area contributed by atoms with Crippen molar-refractivity contribution in [3.63, 3.8) is 0 Å². The van der Waals surface area contributed by atoms with Crippen LogP contribution in [0.5, 0.6) is 0 Å². The molecule has 0 bridgehead atoms. The third kappa shape index (κ3) is 4.75. The van der Waals surface area contributed by atoms with Gasteiger partial charge in [0.05, 0.1) is 0 Å². The second kappa shape index (κ2) is 9.25. The van der Waals surface area contributed by atoms with E-state index >= 15 is 0 Å². The van der Waals surface area contributed by atoms with Crippen LogP contribution >= 0.6 is 0 Å². The molecule has 4 rings (SSSR count). The van der Waals surface area contributed by atoms with Crippen LogP contribution < -0.4 is 0 Å². The molecule has 0 N–H and O–H groups in total. The van der Waals surface area contributed by atoms with Gasteiger partial charge in [0.2, 0.25) is 0 Å². The zero-order valence-electron chi connectivity index (χ0n) is 16.2. The predicted octanol–water partition coefficient (Wildman–Crippen LogP) is 2.12. The van der Waals surface area contributed by atoms with Crippen LogP contribution in [0.15, 0.2) is 73.1 Å². The van der Waals surface area contributed by atoms with Crippen molar-refractivity contribution >= 4 is 12.0 Å². The van der Waals surface area contributed by atoms with Crippen molar-refractivity contribution in [2.45, 2.75) is 6.04 Å². The quantitative estimate of drug-likeness (QED) is 0.647. The molecule has 1 fully saturated rings. The van der Waals surface area contributed by atoms with E-state index in [9.17, 15) is 4.79 Å². The molecular weight excluding hydrogens is 364 g/mol. The Bertz CT molecular complexity index is 918. The second-order valence-electron chi connectivity index (χ2n) is 7.04. The minimum absolute atomic E-state index is 0.0305. The van der Waals surface area contributed by atoms with Crippen molar-refractivity contribution in [3.8, 4) is 0 Å². The van der Waals surface area contributed by atoms with E-state index in [1.54, 1.807) is 0 Å². The molecule has 0 radical (unpaired) electrons. The summed E-state index contributed by atoms with van der Waals surface area (Å²) in [5, 5.41) is 11.4. The van der Waals surface area contributed by atoms with Gasteiger partial charge in [-0.25, -0.2) is 4.68 Å². The number of rotatable bonds is 6. The van der Waals surface area contributed by atoms with Gasteiger partial charge in [-0.1, -0.05) is 72.8 Å². The first kappa shape index (κ1) is 19.0. The van der Waals surface area contributed by atoms with Crippen molar-refractivity contribution in [2.75, 3.05) is 32.7 Å². The summed E-state index contributed by atoms with van der Waals surface area (Å²) >= 11 is 0. The van der Waals surface area contributed by atoms with Gasteiger partial charge in [-0.2, -0.15) is 0 Å². The molecule has 2 heterocycles. The smallest absolute Gasteiger partial charge is 0.252 e. The lowest BCUT2D eigenvalue weighted by Crippen LogP contribution is -2.50. The molecule has 1 amide bonds. The number of benzene rings is 2. The summed E-state index contributed by atoms with van der Waals surface area (Å²) in [6.07, 6.45) is 5.82. The van der Waals surface area contributed by atoms with Crippen LogP contribution in [0.25, 0.3) is 6.08 Å². The highest BCUT2D eigenvalue weighted by Gasteiger charge is 2.30. The molecule has 1 aliphatic heterocycles. The first-order valence-electron chi connectivity index (χ1n) is 9.81. The topological polar surface area (TPSA) is 67.2 Å². The molecule has 29 heavy (non-hydrogen) atoms. The van der Waals surface area contributed by atoms with Crippen LogP contribution in [0, 0.1) is 0 Å². The number of nitrogens with zero attached hydrogens (tertiary/aromatic N) is 6. The highest BCUT2D eigenvalue weighted by molar-refractivity contribution is 5.83. The molecule has 7 heteroatoms. The SMILES string of the molecule is O=C([C@H](c1ccccc1)n1cnnn1)N1CCN(CC=Cc2ccccc2)CC1. The van der Waals surface area contributed by atoms with Crippen LogP contribution in [-0.4, -0.2) is 68.6 Å². The Labute approximate surface area is 170 Å². The molecule has 3 aromatic rings. The first-order chi connectivity index (χ1) is 14.3. The van der Waals surface area contributed by atoms with Crippen molar-refractivity contribution in [1.29, 1.82) is 0 Å². The number of aromatic nitrogens is 4. The number of carbonyl (C=O) groups is 1. The summed E-state index contributed by atoms with van der Waals surface area (Å²) in [5.74, 6) is 0.0305. The zero-order valence-corrected chi connectivity index (χ0v) is 16.2. The minimum Gasteiger partial charge on any atom is -0.338 e. The fourth-order valence-electron chi connectivity index (χ4n) is 3.56. The average molecular weight is 388 g/mol. The molecule has 1 atom stereocenters. The van der Waals surface area contributed by atoms with Crippen LogP contribution in [0.2, 0.25) is 0 Å². The first-order valence-corrected chi connectivity index (χ1v) is 9.81. The maximum absolute atomic E-state index is 13.3. The van der Waals surface area contributed by atoms with Gasteiger partial charge in [0.25, 0.3) is 5.91 Å². The molecule has 0 spiro atoms. The van der Waals surface area contributed by atoms with Gasteiger partial charge in [0.15, 0.2) is 6.04 Å². The fraction of sp³-hybridized carbons (Fsp3) is 0.273. The van der Waals surface area contributed by atoms with E-state index in [1.165, 1.54) is 16.6 Å². The Hall–Kier alpha value is -3.32. The molecule has 148 valence electrons. The van der Waals surface area contributed by atoms with Crippen molar-refractivity contribution < 1.29 is 4.79 Å². The molecule has 1 aromatic heterocycles. The third-order valence-corrected chi connectivity index (χ3v) is 5.14. The molecular formula is C22H24N6O. The van der Waals surface area contributed by atoms with E-state index in [4.69, 9.17) is 0 Å². The third-order valence-electron chi connectivity index (χ3n) is 5.14. The Kier molecular flexibility index (Phi) is 6.07. The summed E-state index contributed by atoms with van der Waals surface area (Å²) in [7, 11) is 0. The zero-order chi connectivity index (χ0) is 19.9. The van der Waals surface area contributed by atoms with Crippen LogP contribution in [0.3, 0.4) is 0 Å². The molecule has 0 saturated carbocycles. The molecule has 2 aromatic carbocycles. The summed E-state index contributed by atoms with van der Waals surface area (Å²) in [6, 6.07) is 19.4. The Morgan fingerprint density at radius 1 is 0.966 bits per heavy atom. The number of amides is 1. The van der Waals surface area contributed by atoms with Crippen molar-refractivity contribution in [3.05, 3.63) is 84.2 Å². The summed E-state index contributed by atoms with van der Waals surface area (Å²) in [6.45, 7) is 3.98. The van der Waals surface area contributed by atoms with E-state index in [2.05, 4.69) is 44.7 Å². The highest BCUT2D eigenvalue weighted by atomic mass is 16.2. The summed E-state index contributed by atoms with van der Waals surface area (Å²) in [4.78, 5) is 17.6. The number of carbonyl (C=O) groups excluding carboxylic acids is 1. The lowest BCUT2D eigenvalue weighted by molar-refractivity contribution is -0.135. The maximum atomic E-state index is 13.3. The van der Waals surface area contributed by atoms with Crippen LogP contribution in [-0.2, 0) is 4.79 Å². The minimum atomic E-state index is -0.532. The second-order valence-corrected chi connectivity index (χ2v) is 7.04. The highest BCUT2D eigenvalue weighted by Crippen LogP contribution is 2.20. The molecule has 7 nitrogen and oxygen atoms in total. The van der Waals surface area contributed by atoms with E-state index in [-0.39, 0.29) is 5.91 Å². The summed E-state index contributed by atoms with van der Waals surface area (Å²) in [5.41, 5.74) is 2.09. The van der Waals surface area contributed by atoms with Gasteiger partial charge in [-0.05, 0) is 21.6 Å². The van der Waals surface area contributed by atoms with Crippen molar-refractivity contribution in [1.82, 2.24) is 30.0 Å². The van der Waals surface area contributed by atoms with E-state index in [1.807, 2.05) is 53.4 Å². The van der Waals surface area contributed by atoms with E-state index < -0.39 is 6.04 Å². The van der Waals surface area contributed by atoms with Gasteiger partial charge < -0.3 is 4.90 Å². The van der Waals surface area contributed by atoms with Gasteiger partial charge in [-0.3, -0.25) is 9.69 Å². The molecule has 0 unspecified atom stereocenters. The van der Waals surface area contributed by atoms with Gasteiger partial charge in [0, 0.05) is 32.7 Å². The number of hydrogen-bond donors (Lipinski definition) is 0. The van der Waals surface area contributed by atoms with Gasteiger partial charge in [0.1, 0.15) is 6.33 Å². The van der Waals surface area contributed by atoms with E-state index in [0.29, 0.717) is 13.1 Å². The number of piperazine rings is 1. The lowest BCUT2D eigenvalue weighted by atomic mass is 10.1. The fourth-order valence-corrected chi connectivity index (χ4v) is 3.56. The number of tetrazole rings is 1. The van der Waals surface area contributed by atoms with Crippen molar-refractivity contribution in [2.24, 2.45) is 0 Å². The van der Waals surface area contributed by atoms with Gasteiger partial charge in [-0.15, -0.1) is 5.10 Å². The Morgan fingerprint density at radius 2 is 1.66 bits per heavy atom. The average Bonchev–Trinajstić information content (AvgIpc) is 3.30.